The van der Waals surface area contributed by atoms with E-state index in [0.29, 0.717) is 33.2 Å². The fraction of sp³-hybridized carbons (Fsp3) is 0.0741. The van der Waals surface area contributed by atoms with Crippen LogP contribution in [-0.4, -0.2) is 16.8 Å². The summed E-state index contributed by atoms with van der Waals surface area (Å²) < 4.78 is 38.7. The smallest absolute Gasteiger partial charge is 0.322 e. The van der Waals surface area contributed by atoms with Crippen LogP contribution in [0.4, 0.5) is 24.0 Å². The minimum Gasteiger partial charge on any atom is -0.322 e. The second-order valence-electron chi connectivity index (χ2n) is 7.79. The Bertz CT molecular complexity index is 1410. The zero-order valence-electron chi connectivity index (χ0n) is 19.0. The Morgan fingerprint density at radius 1 is 0.889 bits per heavy atom. The summed E-state index contributed by atoms with van der Waals surface area (Å²) in [5.41, 5.74) is 2.81. The number of benzene rings is 3. The number of hydrogen-bond donors (Lipinski definition) is 2. The molecule has 1 aromatic heterocycles. The quantitative estimate of drug-likeness (QED) is 0.290. The topological polar surface area (TPSA) is 71.1 Å². The number of thiazole rings is 1. The molecule has 0 spiro atoms. The summed E-state index contributed by atoms with van der Waals surface area (Å²) in [7, 11) is 0. The number of hydrogen-bond acceptors (Lipinski definition) is 4. The van der Waals surface area contributed by atoms with Gasteiger partial charge in [-0.25, -0.2) is 4.98 Å². The van der Waals surface area contributed by atoms with Gasteiger partial charge in [0.1, 0.15) is 0 Å². The van der Waals surface area contributed by atoms with Crippen LogP contribution in [0.5, 0.6) is 0 Å². The first kappa shape index (κ1) is 24.9. The van der Waals surface area contributed by atoms with E-state index in [0.717, 1.165) is 17.7 Å². The molecule has 0 fully saturated rings. The maximum atomic E-state index is 13.0. The summed E-state index contributed by atoms with van der Waals surface area (Å²) in [6.07, 6.45) is -0.750. The molecular formula is C27H20F3N3O2S. The number of carbonyl (C=O) groups is 2. The zero-order chi connectivity index (χ0) is 25.7. The SMILES string of the molecule is CC(=O)Nc1nc(C=Cc2ccc(NC(=O)c3ccccc3-c3ccc(C(F)(F)F)cc3)cc2)cs1. The van der Waals surface area contributed by atoms with Gasteiger partial charge in [-0.3, -0.25) is 9.59 Å². The monoisotopic (exact) mass is 507 g/mol. The van der Waals surface area contributed by atoms with E-state index >= 15 is 0 Å². The van der Waals surface area contributed by atoms with Gasteiger partial charge < -0.3 is 10.6 Å². The first-order valence-corrected chi connectivity index (χ1v) is 11.7. The molecule has 0 saturated carbocycles. The van der Waals surface area contributed by atoms with E-state index in [-0.39, 0.29) is 11.8 Å². The normalized spacial score (nSPS) is 11.4. The number of rotatable bonds is 6. The molecule has 0 aliphatic rings. The molecule has 9 heteroatoms. The number of nitrogens with one attached hydrogen (secondary N) is 2. The van der Waals surface area contributed by atoms with Crippen LogP contribution in [0, 0.1) is 0 Å². The molecule has 3 aromatic carbocycles. The number of anilines is 2. The highest BCUT2D eigenvalue weighted by atomic mass is 32.1. The second kappa shape index (κ2) is 10.6. The number of carbonyl (C=O) groups excluding carboxylic acids is 2. The molecule has 0 aliphatic heterocycles. The van der Waals surface area contributed by atoms with Crippen LogP contribution < -0.4 is 10.6 Å². The molecule has 1 heterocycles. The minimum atomic E-state index is -4.42. The van der Waals surface area contributed by atoms with Gasteiger partial charge in [-0.1, -0.05) is 48.5 Å². The molecule has 0 atom stereocenters. The van der Waals surface area contributed by atoms with Crippen molar-refractivity contribution >= 4 is 46.1 Å². The molecule has 2 N–H and O–H groups in total. The highest BCUT2D eigenvalue weighted by Gasteiger charge is 2.30. The van der Waals surface area contributed by atoms with E-state index in [1.807, 2.05) is 29.7 Å². The van der Waals surface area contributed by atoms with Crippen LogP contribution in [-0.2, 0) is 11.0 Å². The Kier molecular flexibility index (Phi) is 7.30. The van der Waals surface area contributed by atoms with E-state index in [9.17, 15) is 22.8 Å². The minimum absolute atomic E-state index is 0.181. The molecule has 182 valence electrons. The molecule has 0 unspecified atom stereocenters. The van der Waals surface area contributed by atoms with Gasteiger partial charge in [-0.05, 0) is 53.1 Å². The van der Waals surface area contributed by atoms with Crippen LogP contribution in [0.2, 0.25) is 0 Å². The average Bonchev–Trinajstić information content (AvgIpc) is 3.29. The standard InChI is InChI=1S/C27H20F3N3O2S/c1-17(34)31-26-33-22(16-36-26)15-8-18-6-13-21(14-7-18)32-25(35)24-5-3-2-4-23(24)19-9-11-20(12-10-19)27(28,29)30/h2-16H,1H3,(H,32,35)(H,31,33,34). The molecule has 4 aromatic rings. The summed E-state index contributed by atoms with van der Waals surface area (Å²) in [4.78, 5) is 28.4. The maximum absolute atomic E-state index is 13.0. The van der Waals surface area contributed by atoms with Gasteiger partial charge in [0, 0.05) is 23.6 Å². The number of halogens is 3. The Labute approximate surface area is 209 Å². The van der Waals surface area contributed by atoms with E-state index in [2.05, 4.69) is 15.6 Å². The lowest BCUT2D eigenvalue weighted by Crippen LogP contribution is -2.13. The Morgan fingerprint density at radius 2 is 1.58 bits per heavy atom. The zero-order valence-corrected chi connectivity index (χ0v) is 19.8. The third-order valence-electron chi connectivity index (χ3n) is 5.11. The largest absolute Gasteiger partial charge is 0.416 e. The van der Waals surface area contributed by atoms with Crippen molar-refractivity contribution in [3.8, 4) is 11.1 Å². The Morgan fingerprint density at radius 3 is 2.25 bits per heavy atom. The second-order valence-corrected chi connectivity index (χ2v) is 8.65. The predicted molar refractivity (Wildman–Crippen MR) is 137 cm³/mol. The van der Waals surface area contributed by atoms with Gasteiger partial charge in [-0.2, -0.15) is 13.2 Å². The highest BCUT2D eigenvalue weighted by Crippen LogP contribution is 2.32. The lowest BCUT2D eigenvalue weighted by Gasteiger charge is -2.12. The van der Waals surface area contributed by atoms with Gasteiger partial charge in [0.15, 0.2) is 5.13 Å². The van der Waals surface area contributed by atoms with Gasteiger partial charge in [0.05, 0.1) is 11.3 Å². The molecule has 36 heavy (non-hydrogen) atoms. The third kappa shape index (κ3) is 6.25. The summed E-state index contributed by atoms with van der Waals surface area (Å²) >= 11 is 1.33. The van der Waals surface area contributed by atoms with Gasteiger partial charge in [0.25, 0.3) is 5.91 Å². The van der Waals surface area contributed by atoms with Crippen molar-refractivity contribution in [2.75, 3.05) is 10.6 Å². The average molecular weight is 508 g/mol. The van der Waals surface area contributed by atoms with Crippen LogP contribution in [0.25, 0.3) is 23.3 Å². The molecule has 0 aliphatic carbocycles. The van der Waals surface area contributed by atoms with Crippen molar-refractivity contribution in [3.63, 3.8) is 0 Å². The maximum Gasteiger partial charge on any atom is 0.416 e. The molecule has 4 rings (SSSR count). The lowest BCUT2D eigenvalue weighted by molar-refractivity contribution is -0.137. The predicted octanol–water partition coefficient (Wildman–Crippen LogP) is 7.21. The van der Waals surface area contributed by atoms with Crippen LogP contribution >= 0.6 is 11.3 Å². The fourth-order valence-electron chi connectivity index (χ4n) is 3.40. The molecular weight excluding hydrogens is 487 g/mol. The number of amides is 2. The van der Waals surface area contributed by atoms with Crippen molar-refractivity contribution in [3.05, 3.63) is 101 Å². The summed E-state index contributed by atoms with van der Waals surface area (Å²) in [6, 6.07) is 18.6. The van der Waals surface area contributed by atoms with Crippen molar-refractivity contribution < 1.29 is 22.8 Å². The van der Waals surface area contributed by atoms with Crippen LogP contribution in [0.1, 0.15) is 34.1 Å². The molecule has 0 radical (unpaired) electrons. The Balaban J connectivity index is 1.45. The van der Waals surface area contributed by atoms with E-state index in [1.54, 1.807) is 36.4 Å². The summed E-state index contributed by atoms with van der Waals surface area (Å²) in [6.45, 7) is 1.42. The van der Waals surface area contributed by atoms with E-state index in [4.69, 9.17) is 0 Å². The molecule has 2 amide bonds. The van der Waals surface area contributed by atoms with Crippen molar-refractivity contribution in [1.82, 2.24) is 4.98 Å². The van der Waals surface area contributed by atoms with Gasteiger partial charge in [-0.15, -0.1) is 11.3 Å². The summed E-state index contributed by atoms with van der Waals surface area (Å²) in [5.74, 6) is -0.554. The first-order chi connectivity index (χ1) is 17.2. The third-order valence-corrected chi connectivity index (χ3v) is 5.89. The van der Waals surface area contributed by atoms with Crippen LogP contribution in [0.15, 0.2) is 78.2 Å². The van der Waals surface area contributed by atoms with Crippen molar-refractivity contribution in [1.29, 1.82) is 0 Å². The number of aromatic nitrogens is 1. The van der Waals surface area contributed by atoms with Crippen molar-refractivity contribution in [2.45, 2.75) is 13.1 Å². The molecule has 0 bridgehead atoms. The van der Waals surface area contributed by atoms with Gasteiger partial charge >= 0.3 is 6.18 Å². The van der Waals surface area contributed by atoms with E-state index in [1.165, 1.54) is 30.4 Å². The number of nitrogens with zero attached hydrogens (tertiary/aromatic N) is 1. The Hall–Kier alpha value is -4.24. The number of alkyl halides is 3. The highest BCUT2D eigenvalue weighted by molar-refractivity contribution is 7.14. The molecule has 0 saturated heterocycles. The van der Waals surface area contributed by atoms with E-state index < -0.39 is 11.7 Å². The first-order valence-electron chi connectivity index (χ1n) is 10.8. The van der Waals surface area contributed by atoms with Crippen molar-refractivity contribution in [2.24, 2.45) is 0 Å². The summed E-state index contributed by atoms with van der Waals surface area (Å²) in [5, 5.41) is 7.82. The fourth-order valence-corrected chi connectivity index (χ4v) is 4.12. The lowest BCUT2D eigenvalue weighted by atomic mass is 9.98. The van der Waals surface area contributed by atoms with Crippen LogP contribution in [0.3, 0.4) is 0 Å². The molecule has 5 nitrogen and oxygen atoms in total. The van der Waals surface area contributed by atoms with Gasteiger partial charge in [0.2, 0.25) is 5.91 Å².